The summed E-state index contributed by atoms with van der Waals surface area (Å²) in [6, 6.07) is 18.0. The highest BCUT2D eigenvalue weighted by atomic mass is 35.5. The molecule has 0 aromatic heterocycles. The van der Waals surface area contributed by atoms with E-state index in [9.17, 15) is 4.79 Å². The van der Waals surface area contributed by atoms with Gasteiger partial charge in [-0.25, -0.2) is 0 Å². The molecule has 0 spiro atoms. The van der Waals surface area contributed by atoms with Crippen molar-refractivity contribution >= 4 is 23.6 Å². The average molecular weight is 398 g/mol. The summed E-state index contributed by atoms with van der Waals surface area (Å²) in [4.78, 5) is 16.9. The Kier molecular flexibility index (Phi) is 8.09. The van der Waals surface area contributed by atoms with Crippen molar-refractivity contribution in [2.75, 3.05) is 39.3 Å². The van der Waals surface area contributed by atoms with Crippen LogP contribution in [-0.2, 0) is 11.3 Å². The van der Waals surface area contributed by atoms with Crippen molar-refractivity contribution in [2.45, 2.75) is 13.0 Å². The quantitative estimate of drug-likeness (QED) is 0.738. The molecule has 5 heteroatoms. The summed E-state index contributed by atoms with van der Waals surface area (Å²) in [5.74, 6) is 0.0770. The Morgan fingerprint density at radius 2 is 1.64 bits per heavy atom. The highest BCUT2D eigenvalue weighted by molar-refractivity contribution is 6.31. The molecule has 0 atom stereocenters. The molecule has 0 bridgehead atoms. The molecule has 1 aliphatic rings. The number of nitrogens with one attached hydrogen (secondary N) is 1. The van der Waals surface area contributed by atoms with Crippen molar-refractivity contribution in [3.63, 3.8) is 0 Å². The van der Waals surface area contributed by atoms with Crippen LogP contribution in [0.2, 0.25) is 5.02 Å². The SMILES string of the molecule is O=C(CCN1CCN(C/C=C/c2ccccc2)CC1)NCc1ccccc1Cl. The molecule has 2 aromatic rings. The molecule has 0 aliphatic carbocycles. The van der Waals surface area contributed by atoms with Gasteiger partial charge < -0.3 is 10.2 Å². The lowest BCUT2D eigenvalue weighted by molar-refractivity contribution is -0.121. The van der Waals surface area contributed by atoms with E-state index in [1.54, 1.807) is 0 Å². The molecule has 0 unspecified atom stereocenters. The van der Waals surface area contributed by atoms with Gasteiger partial charge >= 0.3 is 0 Å². The Hall–Kier alpha value is -2.14. The number of rotatable bonds is 8. The minimum atomic E-state index is 0.0770. The molecule has 0 saturated carbocycles. The van der Waals surface area contributed by atoms with Crippen LogP contribution in [0.15, 0.2) is 60.7 Å². The van der Waals surface area contributed by atoms with Gasteiger partial charge in [0.05, 0.1) is 0 Å². The van der Waals surface area contributed by atoms with Crippen LogP contribution >= 0.6 is 11.6 Å². The molecule has 1 aliphatic heterocycles. The van der Waals surface area contributed by atoms with Gasteiger partial charge in [-0.1, -0.05) is 72.3 Å². The maximum absolute atomic E-state index is 12.1. The number of carbonyl (C=O) groups is 1. The second kappa shape index (κ2) is 11.0. The van der Waals surface area contributed by atoms with E-state index in [1.165, 1.54) is 5.56 Å². The predicted octanol–water partition coefficient (Wildman–Crippen LogP) is 3.68. The van der Waals surface area contributed by atoms with Crippen LogP contribution in [0.4, 0.5) is 0 Å². The zero-order chi connectivity index (χ0) is 19.6. The van der Waals surface area contributed by atoms with Crippen LogP contribution in [0.1, 0.15) is 17.5 Å². The van der Waals surface area contributed by atoms with E-state index < -0.39 is 0 Å². The normalized spacial score (nSPS) is 15.8. The van der Waals surface area contributed by atoms with Crippen LogP contribution in [0.25, 0.3) is 6.08 Å². The fourth-order valence-corrected chi connectivity index (χ4v) is 3.48. The molecule has 148 valence electrons. The first-order valence-corrected chi connectivity index (χ1v) is 10.2. The van der Waals surface area contributed by atoms with Gasteiger partial charge in [0.1, 0.15) is 0 Å². The minimum absolute atomic E-state index is 0.0770. The lowest BCUT2D eigenvalue weighted by Crippen LogP contribution is -2.47. The van der Waals surface area contributed by atoms with Gasteiger partial charge in [-0.2, -0.15) is 0 Å². The zero-order valence-electron chi connectivity index (χ0n) is 16.2. The molecule has 3 rings (SSSR count). The maximum Gasteiger partial charge on any atom is 0.221 e. The first-order chi connectivity index (χ1) is 13.7. The topological polar surface area (TPSA) is 35.6 Å². The molecule has 1 heterocycles. The number of hydrogen-bond donors (Lipinski definition) is 1. The Morgan fingerprint density at radius 3 is 2.39 bits per heavy atom. The first kappa shape index (κ1) is 20.6. The Morgan fingerprint density at radius 1 is 0.964 bits per heavy atom. The predicted molar refractivity (Wildman–Crippen MR) is 116 cm³/mol. The summed E-state index contributed by atoms with van der Waals surface area (Å²) in [5.41, 5.74) is 2.19. The Balaban J connectivity index is 1.30. The third kappa shape index (κ3) is 6.79. The zero-order valence-corrected chi connectivity index (χ0v) is 16.9. The van der Waals surface area contributed by atoms with Crippen LogP contribution in [-0.4, -0.2) is 55.0 Å². The van der Waals surface area contributed by atoms with Gasteiger partial charge in [0, 0.05) is 57.3 Å². The molecule has 1 N–H and O–H groups in total. The molecule has 4 nitrogen and oxygen atoms in total. The fraction of sp³-hybridized carbons (Fsp3) is 0.348. The summed E-state index contributed by atoms with van der Waals surface area (Å²) in [7, 11) is 0. The van der Waals surface area contributed by atoms with Gasteiger partial charge in [0.25, 0.3) is 0 Å². The molecule has 1 amide bonds. The molecular formula is C23H28ClN3O. The van der Waals surface area contributed by atoms with Gasteiger partial charge in [-0.3, -0.25) is 9.69 Å². The largest absolute Gasteiger partial charge is 0.352 e. The van der Waals surface area contributed by atoms with E-state index in [4.69, 9.17) is 11.6 Å². The smallest absolute Gasteiger partial charge is 0.221 e. The monoisotopic (exact) mass is 397 g/mol. The van der Waals surface area contributed by atoms with Gasteiger partial charge in [0.2, 0.25) is 5.91 Å². The van der Waals surface area contributed by atoms with Crippen molar-refractivity contribution in [2.24, 2.45) is 0 Å². The molecule has 0 radical (unpaired) electrons. The maximum atomic E-state index is 12.1. The molecule has 28 heavy (non-hydrogen) atoms. The number of carbonyl (C=O) groups excluding carboxylic acids is 1. The number of hydrogen-bond acceptors (Lipinski definition) is 3. The van der Waals surface area contributed by atoms with Crippen LogP contribution in [0, 0.1) is 0 Å². The lowest BCUT2D eigenvalue weighted by Gasteiger charge is -2.34. The molecule has 1 saturated heterocycles. The van der Waals surface area contributed by atoms with E-state index in [0.717, 1.165) is 44.8 Å². The number of halogens is 1. The average Bonchev–Trinajstić information content (AvgIpc) is 2.73. The summed E-state index contributed by atoms with van der Waals surface area (Å²) >= 11 is 6.12. The molecule has 1 fully saturated rings. The van der Waals surface area contributed by atoms with Crippen molar-refractivity contribution in [1.29, 1.82) is 0 Å². The van der Waals surface area contributed by atoms with Gasteiger partial charge in [0.15, 0.2) is 0 Å². The van der Waals surface area contributed by atoms with Crippen molar-refractivity contribution in [3.05, 3.63) is 76.8 Å². The van der Waals surface area contributed by atoms with Crippen molar-refractivity contribution in [3.8, 4) is 0 Å². The van der Waals surface area contributed by atoms with E-state index in [1.807, 2.05) is 30.3 Å². The minimum Gasteiger partial charge on any atom is -0.352 e. The summed E-state index contributed by atoms with van der Waals surface area (Å²) in [5, 5.41) is 3.66. The molecule has 2 aromatic carbocycles. The second-order valence-electron chi connectivity index (χ2n) is 7.07. The third-order valence-electron chi connectivity index (χ3n) is 5.03. The summed E-state index contributed by atoms with van der Waals surface area (Å²) in [6.07, 6.45) is 4.93. The van der Waals surface area contributed by atoms with E-state index >= 15 is 0 Å². The van der Waals surface area contributed by atoms with E-state index in [0.29, 0.717) is 18.0 Å². The van der Waals surface area contributed by atoms with Crippen LogP contribution in [0.5, 0.6) is 0 Å². The van der Waals surface area contributed by atoms with Gasteiger partial charge in [-0.15, -0.1) is 0 Å². The Bertz CT molecular complexity index is 770. The van der Waals surface area contributed by atoms with Gasteiger partial charge in [-0.05, 0) is 17.2 Å². The second-order valence-corrected chi connectivity index (χ2v) is 7.48. The number of nitrogens with zero attached hydrogens (tertiary/aromatic N) is 2. The van der Waals surface area contributed by atoms with E-state index in [-0.39, 0.29) is 5.91 Å². The number of benzene rings is 2. The van der Waals surface area contributed by atoms with Crippen molar-refractivity contribution < 1.29 is 4.79 Å². The Labute approximate surface area is 172 Å². The summed E-state index contributed by atoms with van der Waals surface area (Å²) in [6.45, 7) is 6.37. The van der Waals surface area contributed by atoms with Crippen LogP contribution < -0.4 is 5.32 Å². The van der Waals surface area contributed by atoms with E-state index in [2.05, 4.69) is 51.5 Å². The fourth-order valence-electron chi connectivity index (χ4n) is 3.28. The molecular weight excluding hydrogens is 370 g/mol. The first-order valence-electron chi connectivity index (χ1n) is 9.87. The summed E-state index contributed by atoms with van der Waals surface area (Å²) < 4.78 is 0. The van der Waals surface area contributed by atoms with Crippen molar-refractivity contribution in [1.82, 2.24) is 15.1 Å². The van der Waals surface area contributed by atoms with Crippen LogP contribution in [0.3, 0.4) is 0 Å². The highest BCUT2D eigenvalue weighted by Crippen LogP contribution is 2.14. The lowest BCUT2D eigenvalue weighted by atomic mass is 10.2. The number of piperazine rings is 1. The third-order valence-corrected chi connectivity index (χ3v) is 5.40. The number of amides is 1. The highest BCUT2D eigenvalue weighted by Gasteiger charge is 2.16. The standard InChI is InChI=1S/C23H28ClN3O/c24-22-11-5-4-10-21(22)19-25-23(28)12-14-27-17-15-26(16-18-27)13-6-9-20-7-2-1-3-8-20/h1-11H,12-19H2,(H,25,28)/b9-6+.